The molecule has 132 valence electrons. The zero-order chi connectivity index (χ0) is 17.7. The number of halogens is 2. The second-order valence-electron chi connectivity index (χ2n) is 7.01. The van der Waals surface area contributed by atoms with Crippen LogP contribution < -0.4 is 4.90 Å². The molecule has 3 saturated heterocycles. The number of hydrogen-bond acceptors (Lipinski definition) is 5. The van der Waals surface area contributed by atoms with Gasteiger partial charge in [-0.25, -0.2) is 14.4 Å². The van der Waals surface area contributed by atoms with E-state index in [2.05, 4.69) is 46.7 Å². The molecule has 2 bridgehead atoms. The Hall–Kier alpha value is -2.12. The average Bonchev–Trinajstić information content (AvgIpc) is 2.61. The molecule has 0 N–H and O–H groups in total. The van der Waals surface area contributed by atoms with Gasteiger partial charge in [-0.3, -0.25) is 9.88 Å². The van der Waals surface area contributed by atoms with Crippen molar-refractivity contribution in [3.63, 3.8) is 0 Å². The van der Waals surface area contributed by atoms with Gasteiger partial charge in [0.2, 0.25) is 0 Å². The lowest BCUT2D eigenvalue weighted by molar-refractivity contribution is 0.108. The lowest BCUT2D eigenvalue weighted by Gasteiger charge is -2.57. The summed E-state index contributed by atoms with van der Waals surface area (Å²) in [6.45, 7) is 2.90. The quantitative estimate of drug-likeness (QED) is 0.658. The third-order valence-corrected chi connectivity index (χ3v) is 5.69. The van der Waals surface area contributed by atoms with E-state index in [1.165, 1.54) is 30.4 Å². The van der Waals surface area contributed by atoms with Crippen LogP contribution in [0.1, 0.15) is 12.0 Å². The van der Waals surface area contributed by atoms with E-state index < -0.39 is 0 Å². The Morgan fingerprint density at radius 3 is 2.77 bits per heavy atom. The highest BCUT2D eigenvalue weighted by Gasteiger charge is 2.45. The summed E-state index contributed by atoms with van der Waals surface area (Å²) in [7, 11) is 0. The summed E-state index contributed by atoms with van der Waals surface area (Å²) in [5.41, 5.74) is 1.88. The summed E-state index contributed by atoms with van der Waals surface area (Å²) in [5.74, 6) is 0.666. The van der Waals surface area contributed by atoms with E-state index in [-0.39, 0.29) is 5.82 Å². The van der Waals surface area contributed by atoms with Crippen molar-refractivity contribution in [1.82, 2.24) is 19.9 Å². The Kier molecular flexibility index (Phi) is 3.86. The smallest absolute Gasteiger partial charge is 0.140 e. The standard InChI is InChI=1S/C19H17BrFN5/c20-13-3-12(6-22-7-13)8-25-9-15-5-16(10-25)26(15)19-17-2-1-14(21)4-18(17)23-11-24-19/h1-4,6-7,11,15-16H,5,8-10H2. The van der Waals surface area contributed by atoms with E-state index in [4.69, 9.17) is 0 Å². The van der Waals surface area contributed by atoms with Crippen LogP contribution >= 0.6 is 15.9 Å². The first kappa shape index (κ1) is 16.1. The van der Waals surface area contributed by atoms with Crippen LogP contribution in [0.25, 0.3) is 10.9 Å². The molecule has 7 heteroatoms. The van der Waals surface area contributed by atoms with Gasteiger partial charge < -0.3 is 4.90 Å². The van der Waals surface area contributed by atoms with Crippen molar-refractivity contribution >= 4 is 32.7 Å². The molecule has 6 rings (SSSR count). The van der Waals surface area contributed by atoms with Gasteiger partial charge in [0.15, 0.2) is 0 Å². The minimum absolute atomic E-state index is 0.264. The van der Waals surface area contributed by atoms with Crippen LogP contribution in [0.3, 0.4) is 0 Å². The molecule has 3 fully saturated rings. The summed E-state index contributed by atoms with van der Waals surface area (Å²) in [6.07, 6.45) is 6.45. The first-order valence-electron chi connectivity index (χ1n) is 8.68. The number of nitrogens with zero attached hydrogens (tertiary/aromatic N) is 5. The molecular weight excluding hydrogens is 397 g/mol. The van der Waals surface area contributed by atoms with Crippen molar-refractivity contribution in [2.24, 2.45) is 0 Å². The number of hydrogen-bond donors (Lipinski definition) is 0. The minimum Gasteiger partial charge on any atom is -0.347 e. The van der Waals surface area contributed by atoms with E-state index in [0.29, 0.717) is 17.6 Å². The Bertz CT molecular complexity index is 969. The van der Waals surface area contributed by atoms with Crippen LogP contribution in [0, 0.1) is 5.82 Å². The topological polar surface area (TPSA) is 45.2 Å². The van der Waals surface area contributed by atoms with E-state index >= 15 is 0 Å². The molecule has 3 aliphatic heterocycles. The fourth-order valence-corrected chi connectivity index (χ4v) is 4.61. The Balaban J connectivity index is 1.37. The summed E-state index contributed by atoms with van der Waals surface area (Å²) in [4.78, 5) is 17.8. The van der Waals surface area contributed by atoms with Crippen LogP contribution in [-0.2, 0) is 6.54 Å². The van der Waals surface area contributed by atoms with E-state index in [0.717, 1.165) is 35.3 Å². The molecule has 5 nitrogen and oxygen atoms in total. The van der Waals surface area contributed by atoms with Crippen LogP contribution in [-0.4, -0.2) is 45.0 Å². The number of aromatic nitrogens is 3. The Morgan fingerprint density at radius 2 is 1.96 bits per heavy atom. The van der Waals surface area contributed by atoms with Gasteiger partial charge in [-0.1, -0.05) is 0 Å². The van der Waals surface area contributed by atoms with Crippen molar-refractivity contribution < 1.29 is 4.39 Å². The highest BCUT2D eigenvalue weighted by atomic mass is 79.9. The number of fused-ring (bicyclic) bond motifs is 3. The van der Waals surface area contributed by atoms with Crippen molar-refractivity contribution in [1.29, 1.82) is 0 Å². The minimum atomic E-state index is -0.264. The fraction of sp³-hybridized carbons (Fsp3) is 0.316. The first-order chi connectivity index (χ1) is 12.7. The summed E-state index contributed by atoms with van der Waals surface area (Å²) in [6, 6.07) is 7.75. The normalized spacial score (nSPS) is 22.5. The fourth-order valence-electron chi connectivity index (χ4n) is 4.19. The largest absolute Gasteiger partial charge is 0.347 e. The lowest BCUT2D eigenvalue weighted by Crippen LogP contribution is -2.69. The number of piperidine rings is 1. The molecule has 2 unspecified atom stereocenters. The third-order valence-electron chi connectivity index (χ3n) is 5.26. The summed E-state index contributed by atoms with van der Waals surface area (Å²) < 4.78 is 14.5. The number of pyridine rings is 1. The van der Waals surface area contributed by atoms with Gasteiger partial charge in [-0.05, 0) is 46.1 Å². The van der Waals surface area contributed by atoms with Gasteiger partial charge in [-0.15, -0.1) is 0 Å². The van der Waals surface area contributed by atoms with Gasteiger partial charge >= 0.3 is 0 Å². The highest BCUT2D eigenvalue weighted by molar-refractivity contribution is 9.10. The van der Waals surface area contributed by atoms with Crippen LogP contribution in [0.15, 0.2) is 47.5 Å². The van der Waals surface area contributed by atoms with Gasteiger partial charge in [-0.2, -0.15) is 0 Å². The maximum Gasteiger partial charge on any atom is 0.140 e. The van der Waals surface area contributed by atoms with Crippen molar-refractivity contribution in [2.45, 2.75) is 25.0 Å². The third kappa shape index (κ3) is 2.75. The number of rotatable bonds is 3. The molecular formula is C19H17BrFN5. The molecule has 5 heterocycles. The zero-order valence-corrected chi connectivity index (χ0v) is 15.6. The van der Waals surface area contributed by atoms with E-state index in [1.54, 1.807) is 6.07 Å². The molecule has 0 aliphatic carbocycles. The maximum atomic E-state index is 13.5. The molecule has 3 aliphatic rings. The molecule has 1 aromatic carbocycles. The van der Waals surface area contributed by atoms with Gasteiger partial charge in [0.1, 0.15) is 18.0 Å². The molecule has 0 amide bonds. The predicted molar refractivity (Wildman–Crippen MR) is 101 cm³/mol. The zero-order valence-electron chi connectivity index (χ0n) is 14.0. The first-order valence-corrected chi connectivity index (χ1v) is 9.47. The van der Waals surface area contributed by atoms with Gasteiger partial charge in [0, 0.05) is 60.0 Å². The Morgan fingerprint density at radius 1 is 1.12 bits per heavy atom. The molecule has 0 radical (unpaired) electrons. The van der Waals surface area contributed by atoms with E-state index in [1.807, 2.05) is 12.4 Å². The molecule has 0 saturated carbocycles. The van der Waals surface area contributed by atoms with Gasteiger partial charge in [0.25, 0.3) is 0 Å². The predicted octanol–water partition coefficient (Wildman–Crippen LogP) is 3.39. The Labute approximate surface area is 159 Å². The van der Waals surface area contributed by atoms with Crippen molar-refractivity contribution in [3.8, 4) is 0 Å². The average molecular weight is 414 g/mol. The summed E-state index contributed by atoms with van der Waals surface area (Å²) in [5, 5.41) is 0.924. The number of benzene rings is 1. The second-order valence-corrected chi connectivity index (χ2v) is 7.93. The summed E-state index contributed by atoms with van der Waals surface area (Å²) >= 11 is 3.49. The SMILES string of the molecule is Fc1ccc2c(N3C4CC3CN(Cc3cncc(Br)c3)C4)ncnc2c1. The molecule has 0 spiro atoms. The second kappa shape index (κ2) is 6.25. The van der Waals surface area contributed by atoms with E-state index in [9.17, 15) is 4.39 Å². The monoisotopic (exact) mass is 413 g/mol. The van der Waals surface area contributed by atoms with Gasteiger partial charge in [0.05, 0.1) is 5.52 Å². The molecule has 3 aromatic rings. The van der Waals surface area contributed by atoms with Crippen molar-refractivity contribution in [2.75, 3.05) is 18.0 Å². The molecule has 26 heavy (non-hydrogen) atoms. The number of anilines is 1. The highest BCUT2D eigenvalue weighted by Crippen LogP contribution is 2.39. The van der Waals surface area contributed by atoms with Crippen LogP contribution in [0.4, 0.5) is 10.2 Å². The van der Waals surface area contributed by atoms with Crippen LogP contribution in [0.2, 0.25) is 0 Å². The maximum absolute atomic E-state index is 13.5. The molecule has 2 atom stereocenters. The lowest BCUT2D eigenvalue weighted by atomic mass is 9.86. The number of piperazine rings is 1. The van der Waals surface area contributed by atoms with Crippen molar-refractivity contribution in [3.05, 3.63) is 58.8 Å². The molecule has 2 aromatic heterocycles. The van der Waals surface area contributed by atoms with Crippen LogP contribution in [0.5, 0.6) is 0 Å².